The molecule has 0 aliphatic carbocycles. The zero-order valence-corrected chi connectivity index (χ0v) is 18.9. The maximum Gasteiger partial charge on any atom is 0.240 e. The lowest BCUT2D eigenvalue weighted by atomic mass is 10.1. The minimum atomic E-state index is -3.75. The van der Waals surface area contributed by atoms with Crippen LogP contribution < -0.4 is 20.1 Å². The third-order valence-corrected chi connectivity index (χ3v) is 6.00. The fraction of sp³-hybridized carbons (Fsp3) is 0.208. The predicted octanol–water partition coefficient (Wildman–Crippen LogP) is 3.23. The van der Waals surface area contributed by atoms with Crippen molar-refractivity contribution in [3.8, 4) is 5.75 Å². The molecule has 0 bridgehead atoms. The van der Waals surface area contributed by atoms with Gasteiger partial charge in [-0.15, -0.1) is 0 Å². The van der Waals surface area contributed by atoms with Gasteiger partial charge in [-0.1, -0.05) is 42.5 Å². The third kappa shape index (κ3) is 6.32. The molecule has 32 heavy (non-hydrogen) atoms. The normalized spacial score (nSPS) is 12.1. The number of nitrogens with zero attached hydrogens (tertiary/aromatic N) is 1. The number of nitrogens with two attached hydrogens (primary N) is 1. The summed E-state index contributed by atoms with van der Waals surface area (Å²) in [5, 5.41) is 8.12. The summed E-state index contributed by atoms with van der Waals surface area (Å²) in [7, 11) is -2.14. The fourth-order valence-corrected chi connectivity index (χ4v) is 3.84. The smallest absolute Gasteiger partial charge is 0.240 e. The third-order valence-electron chi connectivity index (χ3n) is 5.07. The van der Waals surface area contributed by atoms with E-state index >= 15 is 0 Å². The molecular weight excluding hydrogens is 426 g/mol. The van der Waals surface area contributed by atoms with Gasteiger partial charge < -0.3 is 15.0 Å². The molecule has 1 atom stereocenters. The molecule has 0 unspecified atom stereocenters. The zero-order valence-electron chi connectivity index (χ0n) is 18.1. The Morgan fingerprint density at radius 1 is 1.00 bits per heavy atom. The van der Waals surface area contributed by atoms with Gasteiger partial charge in [0.25, 0.3) is 0 Å². The summed E-state index contributed by atoms with van der Waals surface area (Å²) in [6.45, 7) is 2.57. The number of anilines is 1. The number of nitrogens with one attached hydrogen (secondary N) is 1. The molecule has 0 spiro atoms. The molecule has 0 fully saturated rings. The maximum atomic E-state index is 12.9. The Balaban J connectivity index is 1.72. The highest BCUT2D eigenvalue weighted by Gasteiger charge is 2.16. The van der Waals surface area contributed by atoms with Gasteiger partial charge in [-0.3, -0.25) is 4.79 Å². The van der Waals surface area contributed by atoms with Crippen LogP contribution in [-0.4, -0.2) is 28.0 Å². The van der Waals surface area contributed by atoms with Gasteiger partial charge >= 0.3 is 0 Å². The SMILES string of the molecule is COc1ccc(N(CC(=O)N[C@H](C)c2ccc(S(N)(=O)=O)cc2)Cc2ccccc2)cc1. The van der Waals surface area contributed by atoms with Gasteiger partial charge in [-0.25, -0.2) is 13.6 Å². The second-order valence-electron chi connectivity index (χ2n) is 7.44. The van der Waals surface area contributed by atoms with Gasteiger partial charge in [0.2, 0.25) is 15.9 Å². The Labute approximate surface area is 188 Å². The number of carbonyl (C=O) groups is 1. The van der Waals surface area contributed by atoms with Crippen LogP contribution in [0.5, 0.6) is 5.75 Å². The summed E-state index contributed by atoms with van der Waals surface area (Å²) in [6.07, 6.45) is 0. The van der Waals surface area contributed by atoms with Crippen LogP contribution in [0.25, 0.3) is 0 Å². The van der Waals surface area contributed by atoms with Crippen LogP contribution in [-0.2, 0) is 21.4 Å². The zero-order chi connectivity index (χ0) is 23.1. The number of benzene rings is 3. The minimum Gasteiger partial charge on any atom is -0.497 e. The Morgan fingerprint density at radius 3 is 2.19 bits per heavy atom. The number of methoxy groups -OCH3 is 1. The molecule has 0 heterocycles. The van der Waals surface area contributed by atoms with E-state index in [4.69, 9.17) is 9.88 Å². The van der Waals surface area contributed by atoms with E-state index < -0.39 is 10.0 Å². The van der Waals surface area contributed by atoms with Crippen LogP contribution in [0.4, 0.5) is 5.69 Å². The van der Waals surface area contributed by atoms with Crippen molar-refractivity contribution in [2.45, 2.75) is 24.4 Å². The quantitative estimate of drug-likeness (QED) is 0.518. The average molecular weight is 454 g/mol. The van der Waals surface area contributed by atoms with Crippen molar-refractivity contribution in [2.24, 2.45) is 5.14 Å². The van der Waals surface area contributed by atoms with Gasteiger partial charge in [-0.2, -0.15) is 0 Å². The van der Waals surface area contributed by atoms with Gasteiger partial charge in [0.05, 0.1) is 24.6 Å². The lowest BCUT2D eigenvalue weighted by molar-refractivity contribution is -0.120. The summed E-state index contributed by atoms with van der Waals surface area (Å²) in [4.78, 5) is 14.9. The highest BCUT2D eigenvalue weighted by Crippen LogP contribution is 2.22. The standard InChI is InChI=1S/C24H27N3O4S/c1-18(20-8-14-23(15-9-20)32(25,29)30)26-24(28)17-27(16-19-6-4-3-5-7-19)21-10-12-22(31-2)13-11-21/h3-15,18H,16-17H2,1-2H3,(H,26,28)(H2,25,29,30)/t18-/m1/s1. The number of carbonyl (C=O) groups excluding carboxylic acids is 1. The van der Waals surface area contributed by atoms with Crippen LogP contribution >= 0.6 is 0 Å². The summed E-state index contributed by atoms with van der Waals surface area (Å²) >= 11 is 0. The molecule has 8 heteroatoms. The summed E-state index contributed by atoms with van der Waals surface area (Å²) in [5.41, 5.74) is 2.77. The molecular formula is C24H27N3O4S. The summed E-state index contributed by atoms with van der Waals surface area (Å²) in [6, 6.07) is 23.4. The van der Waals surface area contributed by atoms with Crippen molar-refractivity contribution >= 4 is 21.6 Å². The number of ether oxygens (including phenoxy) is 1. The molecule has 0 saturated carbocycles. The Kier molecular flexibility index (Phi) is 7.50. The summed E-state index contributed by atoms with van der Waals surface area (Å²) in [5.74, 6) is 0.592. The number of hydrogen-bond acceptors (Lipinski definition) is 5. The van der Waals surface area contributed by atoms with Crippen molar-refractivity contribution < 1.29 is 17.9 Å². The molecule has 1 amide bonds. The van der Waals surface area contributed by atoms with Gasteiger partial charge in [0, 0.05) is 12.2 Å². The van der Waals surface area contributed by atoms with E-state index in [9.17, 15) is 13.2 Å². The molecule has 168 valence electrons. The fourth-order valence-electron chi connectivity index (χ4n) is 3.33. The predicted molar refractivity (Wildman–Crippen MR) is 125 cm³/mol. The van der Waals surface area contributed by atoms with E-state index in [1.165, 1.54) is 12.1 Å². The highest BCUT2D eigenvalue weighted by atomic mass is 32.2. The van der Waals surface area contributed by atoms with Gasteiger partial charge in [0.15, 0.2) is 0 Å². The van der Waals surface area contributed by atoms with E-state index in [0.29, 0.717) is 6.54 Å². The molecule has 3 aromatic rings. The van der Waals surface area contributed by atoms with Crippen LogP contribution in [0.15, 0.2) is 83.8 Å². The Hall–Kier alpha value is -3.36. The molecule has 0 aromatic heterocycles. The van der Waals surface area contributed by atoms with Crippen LogP contribution in [0.3, 0.4) is 0 Å². The molecule has 0 saturated heterocycles. The van der Waals surface area contributed by atoms with Gasteiger partial charge in [-0.05, 0) is 54.4 Å². The van der Waals surface area contributed by atoms with Crippen LogP contribution in [0.2, 0.25) is 0 Å². The minimum absolute atomic E-state index is 0.0355. The number of sulfonamides is 1. The molecule has 3 N–H and O–H groups in total. The molecule has 7 nitrogen and oxygen atoms in total. The second-order valence-corrected chi connectivity index (χ2v) is 9.00. The average Bonchev–Trinajstić information content (AvgIpc) is 2.79. The molecule has 0 aliphatic heterocycles. The lowest BCUT2D eigenvalue weighted by Gasteiger charge is -2.26. The van der Waals surface area contributed by atoms with E-state index in [1.807, 2.05) is 66.4 Å². The van der Waals surface area contributed by atoms with Crippen LogP contribution in [0, 0.1) is 0 Å². The van der Waals surface area contributed by atoms with E-state index in [1.54, 1.807) is 19.2 Å². The number of rotatable bonds is 9. The Bertz CT molecular complexity index is 1130. The first-order valence-corrected chi connectivity index (χ1v) is 11.7. The number of primary sulfonamides is 1. The second kappa shape index (κ2) is 10.3. The van der Waals surface area contributed by atoms with Crippen molar-refractivity contribution in [3.05, 3.63) is 90.0 Å². The van der Waals surface area contributed by atoms with Gasteiger partial charge in [0.1, 0.15) is 5.75 Å². The van der Waals surface area contributed by atoms with Crippen molar-refractivity contribution in [3.63, 3.8) is 0 Å². The molecule has 0 aliphatic rings. The molecule has 3 rings (SSSR count). The topological polar surface area (TPSA) is 102 Å². The lowest BCUT2D eigenvalue weighted by Crippen LogP contribution is -2.38. The molecule has 3 aromatic carbocycles. The van der Waals surface area contributed by atoms with Crippen molar-refractivity contribution in [1.29, 1.82) is 0 Å². The largest absolute Gasteiger partial charge is 0.497 e. The maximum absolute atomic E-state index is 12.9. The van der Waals surface area contributed by atoms with Crippen molar-refractivity contribution in [1.82, 2.24) is 5.32 Å². The number of hydrogen-bond donors (Lipinski definition) is 2. The highest BCUT2D eigenvalue weighted by molar-refractivity contribution is 7.89. The Morgan fingerprint density at radius 2 is 1.62 bits per heavy atom. The monoisotopic (exact) mass is 453 g/mol. The van der Waals surface area contributed by atoms with E-state index in [2.05, 4.69) is 5.32 Å². The first-order valence-electron chi connectivity index (χ1n) is 10.1. The first-order chi connectivity index (χ1) is 15.3. The summed E-state index contributed by atoms with van der Waals surface area (Å²) < 4.78 is 28.1. The van der Waals surface area contributed by atoms with Crippen LogP contribution in [0.1, 0.15) is 24.1 Å². The molecule has 0 radical (unpaired) electrons. The van der Waals surface area contributed by atoms with E-state index in [-0.39, 0.29) is 23.4 Å². The van der Waals surface area contributed by atoms with Crippen molar-refractivity contribution in [2.75, 3.05) is 18.6 Å². The van der Waals surface area contributed by atoms with E-state index in [0.717, 1.165) is 22.6 Å². The number of amides is 1. The first kappa shape index (κ1) is 23.3.